The van der Waals surface area contributed by atoms with E-state index in [-0.39, 0.29) is 17.8 Å². The van der Waals surface area contributed by atoms with Crippen molar-refractivity contribution in [3.8, 4) is 17.6 Å². The Morgan fingerprint density at radius 1 is 1.28 bits per heavy atom. The first kappa shape index (κ1) is 21.0. The van der Waals surface area contributed by atoms with E-state index in [1.807, 2.05) is 12.1 Å². The first-order valence-corrected chi connectivity index (χ1v) is 10.3. The third-order valence-corrected chi connectivity index (χ3v) is 5.75. The Balaban J connectivity index is 1.87. The zero-order valence-corrected chi connectivity index (χ0v) is 18.2. The van der Waals surface area contributed by atoms with Crippen LogP contribution in [0.4, 0.5) is 4.79 Å². The van der Waals surface area contributed by atoms with Crippen LogP contribution >= 0.6 is 27.7 Å². The van der Waals surface area contributed by atoms with Crippen LogP contribution in [0.3, 0.4) is 0 Å². The lowest BCUT2D eigenvalue weighted by Gasteiger charge is -2.14. The van der Waals surface area contributed by atoms with Crippen LogP contribution in [0.1, 0.15) is 23.6 Å². The molecule has 148 valence electrons. The maximum Gasteiger partial charge on any atom is 0.293 e. The molecule has 8 heteroatoms. The smallest absolute Gasteiger partial charge is 0.293 e. The van der Waals surface area contributed by atoms with E-state index in [9.17, 15) is 14.9 Å². The number of rotatable bonds is 6. The average Bonchev–Trinajstić information content (AvgIpc) is 2.99. The Morgan fingerprint density at radius 2 is 2.03 bits per heavy atom. The zero-order valence-electron chi connectivity index (χ0n) is 15.8. The zero-order chi connectivity index (χ0) is 21.0. The number of benzene rings is 2. The summed E-state index contributed by atoms with van der Waals surface area (Å²) < 4.78 is 12.0. The standard InChI is InChI=1S/C21H17BrN2O4S/c1-3-24-20(25)18(29-21(24)26)10-13-8-16(22)19(17(9-13)27-2)28-12-15-7-5-4-6-14(15)11-23/h4-10H,3,12H2,1-2H3/b18-10+. The van der Waals surface area contributed by atoms with Crippen molar-refractivity contribution in [2.24, 2.45) is 0 Å². The predicted octanol–water partition coefficient (Wildman–Crippen LogP) is 4.96. The molecule has 0 aliphatic carbocycles. The lowest BCUT2D eigenvalue weighted by Crippen LogP contribution is -2.27. The number of imide groups is 1. The minimum atomic E-state index is -0.300. The van der Waals surface area contributed by atoms with E-state index in [0.29, 0.717) is 38.5 Å². The Labute approximate surface area is 181 Å². The number of carbonyl (C=O) groups is 2. The molecule has 1 aliphatic heterocycles. The maximum atomic E-state index is 12.3. The normalized spacial score (nSPS) is 15.0. The molecule has 2 aromatic rings. The van der Waals surface area contributed by atoms with Crippen molar-refractivity contribution >= 4 is 44.9 Å². The number of halogens is 1. The Hall–Kier alpha value is -2.76. The number of nitriles is 1. The highest BCUT2D eigenvalue weighted by Crippen LogP contribution is 2.39. The molecule has 6 nitrogen and oxygen atoms in total. The molecule has 1 saturated heterocycles. The molecule has 29 heavy (non-hydrogen) atoms. The lowest BCUT2D eigenvalue weighted by molar-refractivity contribution is -0.122. The number of methoxy groups -OCH3 is 1. The summed E-state index contributed by atoms with van der Waals surface area (Å²) in [6.07, 6.45) is 1.66. The van der Waals surface area contributed by atoms with Gasteiger partial charge in [-0.3, -0.25) is 14.5 Å². The molecule has 0 bridgehead atoms. The van der Waals surface area contributed by atoms with Crippen LogP contribution in [0.2, 0.25) is 0 Å². The van der Waals surface area contributed by atoms with Gasteiger partial charge < -0.3 is 9.47 Å². The van der Waals surface area contributed by atoms with Crippen LogP contribution in [-0.2, 0) is 11.4 Å². The van der Waals surface area contributed by atoms with Gasteiger partial charge in [0.15, 0.2) is 11.5 Å². The van der Waals surface area contributed by atoms with Crippen molar-refractivity contribution < 1.29 is 19.1 Å². The van der Waals surface area contributed by atoms with E-state index in [1.165, 1.54) is 12.0 Å². The van der Waals surface area contributed by atoms with Gasteiger partial charge in [0, 0.05) is 12.1 Å². The topological polar surface area (TPSA) is 79.6 Å². The van der Waals surface area contributed by atoms with Crippen molar-refractivity contribution in [1.29, 1.82) is 5.26 Å². The Kier molecular flexibility index (Phi) is 6.62. The van der Waals surface area contributed by atoms with E-state index in [0.717, 1.165) is 17.3 Å². The molecule has 2 amide bonds. The number of nitrogens with zero attached hydrogens (tertiary/aromatic N) is 2. The highest BCUT2D eigenvalue weighted by atomic mass is 79.9. The van der Waals surface area contributed by atoms with Gasteiger partial charge in [-0.05, 0) is 64.5 Å². The summed E-state index contributed by atoms with van der Waals surface area (Å²) in [5.74, 6) is 0.653. The molecule has 1 heterocycles. The van der Waals surface area contributed by atoms with E-state index in [4.69, 9.17) is 9.47 Å². The second-order valence-electron chi connectivity index (χ2n) is 6.02. The van der Waals surface area contributed by atoms with Gasteiger partial charge in [-0.15, -0.1) is 0 Å². The molecule has 0 aromatic heterocycles. The summed E-state index contributed by atoms with van der Waals surface area (Å²) in [4.78, 5) is 25.7. The van der Waals surface area contributed by atoms with Crippen LogP contribution in [0.5, 0.6) is 11.5 Å². The summed E-state index contributed by atoms with van der Waals surface area (Å²) in [7, 11) is 1.52. The molecular formula is C21H17BrN2O4S. The summed E-state index contributed by atoms with van der Waals surface area (Å²) in [5.41, 5.74) is 2.01. The molecule has 0 atom stereocenters. The molecule has 1 aliphatic rings. The fraction of sp³-hybridized carbons (Fsp3) is 0.190. The van der Waals surface area contributed by atoms with Crippen LogP contribution in [0.25, 0.3) is 6.08 Å². The van der Waals surface area contributed by atoms with Crippen molar-refractivity contribution in [3.63, 3.8) is 0 Å². The number of carbonyl (C=O) groups excluding carboxylic acids is 2. The molecule has 3 rings (SSSR count). The van der Waals surface area contributed by atoms with E-state index < -0.39 is 0 Å². The Bertz CT molecular complexity index is 1050. The van der Waals surface area contributed by atoms with Crippen molar-refractivity contribution in [1.82, 2.24) is 4.90 Å². The van der Waals surface area contributed by atoms with Gasteiger partial charge >= 0.3 is 0 Å². The van der Waals surface area contributed by atoms with Gasteiger partial charge in [-0.2, -0.15) is 5.26 Å². The maximum absolute atomic E-state index is 12.3. The van der Waals surface area contributed by atoms with E-state index in [1.54, 1.807) is 37.3 Å². The quantitative estimate of drug-likeness (QED) is 0.552. The minimum absolute atomic E-state index is 0.202. The van der Waals surface area contributed by atoms with Crippen LogP contribution in [0.15, 0.2) is 45.8 Å². The largest absolute Gasteiger partial charge is 0.493 e. The van der Waals surface area contributed by atoms with E-state index >= 15 is 0 Å². The minimum Gasteiger partial charge on any atom is -0.493 e. The number of ether oxygens (including phenoxy) is 2. The monoisotopic (exact) mass is 472 g/mol. The fourth-order valence-corrected chi connectivity index (χ4v) is 4.27. The van der Waals surface area contributed by atoms with Gasteiger partial charge in [-0.1, -0.05) is 18.2 Å². The number of thioether (sulfide) groups is 1. The molecule has 0 N–H and O–H groups in total. The van der Waals surface area contributed by atoms with Crippen molar-refractivity contribution in [2.75, 3.05) is 13.7 Å². The van der Waals surface area contributed by atoms with Gasteiger partial charge in [-0.25, -0.2) is 0 Å². The molecule has 0 saturated carbocycles. The average molecular weight is 473 g/mol. The SMILES string of the molecule is CCN1C(=O)S/C(=C/c2cc(Br)c(OCc3ccccc3C#N)c(OC)c2)C1=O. The summed E-state index contributed by atoms with van der Waals surface area (Å²) >= 11 is 4.40. The van der Waals surface area contributed by atoms with E-state index in [2.05, 4.69) is 22.0 Å². The Morgan fingerprint density at radius 3 is 2.69 bits per heavy atom. The number of likely N-dealkylation sites (N-methyl/N-ethyl adjacent to an activating group) is 1. The molecule has 1 fully saturated rings. The summed E-state index contributed by atoms with van der Waals surface area (Å²) in [5, 5.41) is 8.94. The van der Waals surface area contributed by atoms with Gasteiger partial charge in [0.2, 0.25) is 0 Å². The highest BCUT2D eigenvalue weighted by Gasteiger charge is 2.33. The number of amides is 2. The first-order valence-electron chi connectivity index (χ1n) is 8.72. The lowest BCUT2D eigenvalue weighted by atomic mass is 10.1. The number of hydrogen-bond donors (Lipinski definition) is 0. The first-order chi connectivity index (χ1) is 14.0. The van der Waals surface area contributed by atoms with Crippen LogP contribution in [-0.4, -0.2) is 29.7 Å². The summed E-state index contributed by atoms with van der Waals surface area (Å²) in [6, 6.07) is 12.9. The second kappa shape index (κ2) is 9.16. The second-order valence-corrected chi connectivity index (χ2v) is 7.87. The molecule has 2 aromatic carbocycles. The fourth-order valence-electron chi connectivity index (χ4n) is 2.79. The predicted molar refractivity (Wildman–Crippen MR) is 115 cm³/mol. The molecule has 0 spiro atoms. The van der Waals surface area contributed by atoms with Crippen LogP contribution in [0, 0.1) is 11.3 Å². The third kappa shape index (κ3) is 4.47. The van der Waals surface area contributed by atoms with Gasteiger partial charge in [0.05, 0.1) is 28.1 Å². The molecular weight excluding hydrogens is 456 g/mol. The highest BCUT2D eigenvalue weighted by molar-refractivity contribution is 9.10. The van der Waals surface area contributed by atoms with Crippen LogP contribution < -0.4 is 9.47 Å². The van der Waals surface area contributed by atoms with Gasteiger partial charge in [0.1, 0.15) is 6.61 Å². The van der Waals surface area contributed by atoms with Crippen molar-refractivity contribution in [3.05, 3.63) is 62.5 Å². The molecule has 0 unspecified atom stereocenters. The van der Waals surface area contributed by atoms with Crippen molar-refractivity contribution in [2.45, 2.75) is 13.5 Å². The number of hydrogen-bond acceptors (Lipinski definition) is 6. The molecule has 0 radical (unpaired) electrons. The summed E-state index contributed by atoms with van der Waals surface area (Å²) in [6.45, 7) is 2.30. The third-order valence-electron chi connectivity index (χ3n) is 4.25. The van der Waals surface area contributed by atoms with Gasteiger partial charge in [0.25, 0.3) is 11.1 Å².